The summed E-state index contributed by atoms with van der Waals surface area (Å²) in [7, 11) is 1.54. The van der Waals surface area contributed by atoms with Crippen molar-refractivity contribution in [1.82, 2.24) is 0 Å². The maximum absolute atomic E-state index is 4.76. The molecule has 0 aliphatic carbocycles. The third-order valence-electron chi connectivity index (χ3n) is 1.03. The number of hydrogen-bond donors (Lipinski definition) is 0. The first kappa shape index (κ1) is 9.46. The standard InChI is InChI=1S/C7H14O3/c1-5-6(2)9-10-7(3)8-4/h7H,2,5H2,1,3-4H3. The van der Waals surface area contributed by atoms with Gasteiger partial charge in [-0.15, -0.1) is 0 Å². The third-order valence-corrected chi connectivity index (χ3v) is 1.03. The Hall–Kier alpha value is -0.540. The van der Waals surface area contributed by atoms with Crippen LogP contribution in [0.25, 0.3) is 0 Å². The van der Waals surface area contributed by atoms with Gasteiger partial charge in [0.25, 0.3) is 0 Å². The molecule has 0 amide bonds. The van der Waals surface area contributed by atoms with E-state index in [4.69, 9.17) is 14.5 Å². The van der Waals surface area contributed by atoms with Crippen LogP contribution in [0.4, 0.5) is 0 Å². The van der Waals surface area contributed by atoms with E-state index in [2.05, 4.69) is 6.58 Å². The van der Waals surface area contributed by atoms with Crippen LogP contribution in [0.2, 0.25) is 0 Å². The fourth-order valence-electron chi connectivity index (χ4n) is 0.234. The molecule has 0 radical (unpaired) electrons. The van der Waals surface area contributed by atoms with Gasteiger partial charge in [0.2, 0.25) is 0 Å². The molecule has 0 spiro atoms. The molecule has 0 saturated carbocycles. The van der Waals surface area contributed by atoms with Gasteiger partial charge in [0.1, 0.15) is 5.76 Å². The van der Waals surface area contributed by atoms with E-state index < -0.39 is 0 Å². The predicted octanol–water partition coefficient (Wildman–Crippen LogP) is 1.85. The molecule has 0 heterocycles. The van der Waals surface area contributed by atoms with Crippen molar-refractivity contribution in [3.05, 3.63) is 12.3 Å². The molecule has 3 nitrogen and oxygen atoms in total. The van der Waals surface area contributed by atoms with E-state index in [1.807, 2.05) is 6.92 Å². The lowest BCUT2D eigenvalue weighted by molar-refractivity contribution is -0.346. The summed E-state index contributed by atoms with van der Waals surface area (Å²) in [6.45, 7) is 7.25. The van der Waals surface area contributed by atoms with Gasteiger partial charge in [0, 0.05) is 13.5 Å². The van der Waals surface area contributed by atoms with Gasteiger partial charge in [-0.2, -0.15) is 4.89 Å². The summed E-state index contributed by atoms with van der Waals surface area (Å²) in [4.78, 5) is 9.45. The lowest BCUT2D eigenvalue weighted by atomic mass is 10.4. The minimum absolute atomic E-state index is 0.344. The lowest BCUT2D eigenvalue weighted by Crippen LogP contribution is -2.10. The average Bonchev–Trinajstić information content (AvgIpc) is 1.99. The highest BCUT2D eigenvalue weighted by molar-refractivity contribution is 4.77. The summed E-state index contributed by atoms with van der Waals surface area (Å²) < 4.78 is 4.76. The first-order valence-electron chi connectivity index (χ1n) is 3.24. The van der Waals surface area contributed by atoms with Gasteiger partial charge < -0.3 is 9.62 Å². The molecule has 0 aromatic carbocycles. The summed E-state index contributed by atoms with van der Waals surface area (Å²) in [5.74, 6) is 0.601. The zero-order valence-electron chi connectivity index (χ0n) is 6.72. The molecule has 1 unspecified atom stereocenters. The smallest absolute Gasteiger partial charge is 0.199 e. The molecule has 0 aliphatic heterocycles. The molecule has 10 heavy (non-hydrogen) atoms. The van der Waals surface area contributed by atoms with Crippen LogP contribution >= 0.6 is 0 Å². The Kier molecular flexibility index (Phi) is 4.98. The monoisotopic (exact) mass is 146 g/mol. The molecule has 0 rings (SSSR count). The summed E-state index contributed by atoms with van der Waals surface area (Å²) >= 11 is 0. The van der Waals surface area contributed by atoms with E-state index in [0.29, 0.717) is 5.76 Å². The molecule has 0 aromatic heterocycles. The minimum atomic E-state index is -0.344. The van der Waals surface area contributed by atoms with Crippen molar-refractivity contribution < 1.29 is 14.5 Å². The fraction of sp³-hybridized carbons (Fsp3) is 0.714. The van der Waals surface area contributed by atoms with Crippen LogP contribution in [0.5, 0.6) is 0 Å². The van der Waals surface area contributed by atoms with Crippen LogP contribution in [0, 0.1) is 0 Å². The molecule has 3 heteroatoms. The second kappa shape index (κ2) is 5.26. The summed E-state index contributed by atoms with van der Waals surface area (Å²) in [5.41, 5.74) is 0. The van der Waals surface area contributed by atoms with Crippen molar-refractivity contribution in [2.45, 2.75) is 26.6 Å². The maximum atomic E-state index is 4.76. The van der Waals surface area contributed by atoms with Gasteiger partial charge in [0.05, 0.1) is 0 Å². The Balaban J connectivity index is 3.26. The summed E-state index contributed by atoms with van der Waals surface area (Å²) in [6.07, 6.45) is 0.402. The second-order valence-electron chi connectivity index (χ2n) is 1.88. The van der Waals surface area contributed by atoms with Crippen LogP contribution < -0.4 is 0 Å². The number of rotatable bonds is 5. The fourth-order valence-corrected chi connectivity index (χ4v) is 0.234. The van der Waals surface area contributed by atoms with Gasteiger partial charge in [-0.1, -0.05) is 13.5 Å². The van der Waals surface area contributed by atoms with E-state index in [1.165, 1.54) is 0 Å². The molecule has 0 N–H and O–H groups in total. The van der Waals surface area contributed by atoms with Crippen molar-refractivity contribution in [1.29, 1.82) is 0 Å². The number of methoxy groups -OCH3 is 1. The van der Waals surface area contributed by atoms with Gasteiger partial charge >= 0.3 is 0 Å². The molecule has 60 valence electrons. The molecule has 0 aliphatic rings. The highest BCUT2D eigenvalue weighted by Gasteiger charge is 1.99. The lowest BCUT2D eigenvalue weighted by Gasteiger charge is -2.10. The minimum Gasteiger partial charge on any atom is -0.352 e. The Bertz CT molecular complexity index is 101. The summed E-state index contributed by atoms with van der Waals surface area (Å²) in [5, 5.41) is 0. The molecule has 0 fully saturated rings. The molecule has 0 saturated heterocycles. The van der Waals surface area contributed by atoms with E-state index >= 15 is 0 Å². The zero-order valence-corrected chi connectivity index (χ0v) is 6.72. The van der Waals surface area contributed by atoms with Crippen molar-refractivity contribution in [3.63, 3.8) is 0 Å². The van der Waals surface area contributed by atoms with Gasteiger partial charge in [-0.3, -0.25) is 0 Å². The van der Waals surface area contributed by atoms with E-state index in [-0.39, 0.29) is 6.29 Å². The molecule has 0 bridgehead atoms. The van der Waals surface area contributed by atoms with Crippen LogP contribution in [-0.4, -0.2) is 13.4 Å². The third kappa shape index (κ3) is 4.35. The molecular weight excluding hydrogens is 132 g/mol. The first-order valence-corrected chi connectivity index (χ1v) is 3.24. The summed E-state index contributed by atoms with van der Waals surface area (Å²) in [6, 6.07) is 0. The first-order chi connectivity index (χ1) is 4.70. The Morgan fingerprint density at radius 3 is 2.60 bits per heavy atom. The van der Waals surface area contributed by atoms with E-state index in [0.717, 1.165) is 6.42 Å². The maximum Gasteiger partial charge on any atom is 0.199 e. The SMILES string of the molecule is C=C(CC)OOC(C)OC. The number of hydrogen-bond acceptors (Lipinski definition) is 3. The highest BCUT2D eigenvalue weighted by atomic mass is 17.2. The van der Waals surface area contributed by atoms with Crippen LogP contribution in [-0.2, 0) is 14.5 Å². The number of allylic oxidation sites excluding steroid dienone is 1. The molecular formula is C7H14O3. The largest absolute Gasteiger partial charge is 0.352 e. The Morgan fingerprint density at radius 2 is 2.20 bits per heavy atom. The van der Waals surface area contributed by atoms with Crippen LogP contribution in [0.1, 0.15) is 20.3 Å². The Morgan fingerprint density at radius 1 is 1.60 bits per heavy atom. The van der Waals surface area contributed by atoms with Crippen molar-refractivity contribution in [2.75, 3.05) is 7.11 Å². The van der Waals surface area contributed by atoms with E-state index in [9.17, 15) is 0 Å². The normalized spacial score (nSPS) is 12.7. The van der Waals surface area contributed by atoms with Crippen molar-refractivity contribution in [2.24, 2.45) is 0 Å². The van der Waals surface area contributed by atoms with Crippen LogP contribution in [0.3, 0.4) is 0 Å². The number of ether oxygens (including phenoxy) is 1. The highest BCUT2D eigenvalue weighted by Crippen LogP contribution is 2.02. The topological polar surface area (TPSA) is 27.7 Å². The Labute approximate surface area is 61.5 Å². The molecule has 1 atom stereocenters. The zero-order chi connectivity index (χ0) is 7.98. The molecule has 0 aromatic rings. The van der Waals surface area contributed by atoms with Crippen molar-refractivity contribution in [3.8, 4) is 0 Å². The van der Waals surface area contributed by atoms with Crippen LogP contribution in [0.15, 0.2) is 12.3 Å². The predicted molar refractivity (Wildman–Crippen MR) is 38.1 cm³/mol. The van der Waals surface area contributed by atoms with Crippen molar-refractivity contribution >= 4 is 0 Å². The van der Waals surface area contributed by atoms with E-state index in [1.54, 1.807) is 14.0 Å². The van der Waals surface area contributed by atoms with Gasteiger partial charge in [-0.05, 0) is 6.92 Å². The van der Waals surface area contributed by atoms with Gasteiger partial charge in [-0.25, -0.2) is 0 Å². The quantitative estimate of drug-likeness (QED) is 0.256. The average molecular weight is 146 g/mol. The second-order valence-corrected chi connectivity index (χ2v) is 1.88. The van der Waals surface area contributed by atoms with Gasteiger partial charge in [0.15, 0.2) is 6.29 Å².